The van der Waals surface area contributed by atoms with Crippen LogP contribution < -0.4 is 0 Å². The van der Waals surface area contributed by atoms with Crippen molar-refractivity contribution in [3.63, 3.8) is 0 Å². The monoisotopic (exact) mass is 184 g/mol. The quantitative estimate of drug-likeness (QED) is 0.621. The van der Waals surface area contributed by atoms with Gasteiger partial charge in [0.2, 0.25) is 0 Å². The number of carbonyl (C=O) groups excluding carboxylic acids is 1. The first kappa shape index (κ1) is 9.00. The molecule has 1 saturated heterocycles. The average Bonchev–Trinajstić information content (AvgIpc) is 2.34. The molecule has 0 radical (unpaired) electrons. The van der Waals surface area contributed by atoms with Gasteiger partial charge in [-0.15, -0.1) is 0 Å². The van der Waals surface area contributed by atoms with Gasteiger partial charge in [-0.1, -0.05) is 13.8 Å². The summed E-state index contributed by atoms with van der Waals surface area (Å²) in [5, 5.41) is 9.33. The zero-order chi connectivity index (χ0) is 9.91. The summed E-state index contributed by atoms with van der Waals surface area (Å²) in [7, 11) is 0. The topological polar surface area (TPSA) is 46.5 Å². The van der Waals surface area contributed by atoms with Crippen LogP contribution in [0.15, 0.2) is 0 Å². The molecule has 0 aromatic heterocycles. The Hall–Kier alpha value is -0.570. The van der Waals surface area contributed by atoms with E-state index in [1.807, 2.05) is 20.8 Å². The van der Waals surface area contributed by atoms with Gasteiger partial charge < -0.3 is 9.84 Å². The summed E-state index contributed by atoms with van der Waals surface area (Å²) in [6, 6.07) is 0. The number of aliphatic hydroxyl groups is 1. The normalized spacial score (nSPS) is 46.6. The molecule has 2 bridgehead atoms. The summed E-state index contributed by atoms with van der Waals surface area (Å²) < 4.78 is 5.33. The van der Waals surface area contributed by atoms with Gasteiger partial charge in [0.25, 0.3) is 0 Å². The maximum absolute atomic E-state index is 11.6. The highest BCUT2D eigenvalue weighted by molar-refractivity contribution is 5.82. The molecule has 0 unspecified atom stereocenters. The zero-order valence-electron chi connectivity index (χ0n) is 8.39. The molecule has 0 aromatic rings. The van der Waals surface area contributed by atoms with E-state index in [1.54, 1.807) is 0 Å². The molecular weight excluding hydrogens is 168 g/mol. The Balaban J connectivity index is 2.53. The predicted molar refractivity (Wildman–Crippen MR) is 47.0 cm³/mol. The molecule has 3 heteroatoms. The van der Waals surface area contributed by atoms with E-state index in [0.717, 1.165) is 12.8 Å². The highest BCUT2D eigenvalue weighted by Gasteiger charge is 2.72. The van der Waals surface area contributed by atoms with Crippen molar-refractivity contribution in [2.24, 2.45) is 10.8 Å². The van der Waals surface area contributed by atoms with Gasteiger partial charge in [-0.05, 0) is 19.8 Å². The third-order valence-electron chi connectivity index (χ3n) is 4.54. The van der Waals surface area contributed by atoms with E-state index in [2.05, 4.69) is 0 Å². The van der Waals surface area contributed by atoms with Crippen LogP contribution in [0.3, 0.4) is 0 Å². The standard InChI is InChI=1S/C10H16O3/c1-8(2)9(3)4-5-10(8,6-11)13-7(9)12/h11H,4-6H2,1-3H3/t9-,10-/m0/s1. The Morgan fingerprint density at radius 2 is 2.00 bits per heavy atom. The molecule has 2 rings (SSSR count). The maximum Gasteiger partial charge on any atom is 0.313 e. The maximum atomic E-state index is 11.6. The van der Waals surface area contributed by atoms with Gasteiger partial charge in [0.1, 0.15) is 5.60 Å². The molecule has 0 aromatic carbocycles. The summed E-state index contributed by atoms with van der Waals surface area (Å²) >= 11 is 0. The van der Waals surface area contributed by atoms with E-state index in [9.17, 15) is 9.90 Å². The van der Waals surface area contributed by atoms with E-state index >= 15 is 0 Å². The molecule has 1 N–H and O–H groups in total. The number of ether oxygens (including phenoxy) is 1. The minimum atomic E-state index is -0.612. The van der Waals surface area contributed by atoms with Crippen molar-refractivity contribution in [3.05, 3.63) is 0 Å². The number of fused-ring (bicyclic) bond motifs is 2. The molecule has 2 atom stereocenters. The van der Waals surface area contributed by atoms with Gasteiger partial charge in [0.05, 0.1) is 12.0 Å². The molecule has 0 spiro atoms. The Morgan fingerprint density at radius 1 is 1.38 bits per heavy atom. The molecule has 1 heterocycles. The number of carbonyl (C=O) groups is 1. The second-order valence-corrected chi connectivity index (χ2v) is 5.00. The summed E-state index contributed by atoms with van der Waals surface area (Å²) in [4.78, 5) is 11.6. The van der Waals surface area contributed by atoms with Crippen molar-refractivity contribution < 1.29 is 14.6 Å². The summed E-state index contributed by atoms with van der Waals surface area (Å²) in [6.45, 7) is 5.92. The van der Waals surface area contributed by atoms with E-state index in [-0.39, 0.29) is 18.0 Å². The minimum Gasteiger partial charge on any atom is -0.456 e. The fourth-order valence-electron chi connectivity index (χ4n) is 2.71. The van der Waals surface area contributed by atoms with Crippen LogP contribution in [0.1, 0.15) is 33.6 Å². The van der Waals surface area contributed by atoms with Crippen LogP contribution in [-0.2, 0) is 9.53 Å². The molecule has 13 heavy (non-hydrogen) atoms. The second-order valence-electron chi connectivity index (χ2n) is 5.00. The SMILES string of the molecule is CC1(C)[C@@]2(CO)CC[C@@]1(C)C(=O)O2. The molecule has 1 saturated carbocycles. The highest BCUT2D eigenvalue weighted by Crippen LogP contribution is 2.65. The van der Waals surface area contributed by atoms with Gasteiger partial charge in [0.15, 0.2) is 0 Å². The van der Waals surface area contributed by atoms with E-state index in [4.69, 9.17) is 4.74 Å². The number of aliphatic hydroxyl groups excluding tert-OH is 1. The fourth-order valence-corrected chi connectivity index (χ4v) is 2.71. The summed E-state index contributed by atoms with van der Waals surface area (Å²) in [6.07, 6.45) is 1.62. The largest absolute Gasteiger partial charge is 0.456 e. The first-order chi connectivity index (χ1) is 5.90. The molecule has 1 aliphatic heterocycles. The first-order valence-electron chi connectivity index (χ1n) is 4.74. The third-order valence-corrected chi connectivity index (χ3v) is 4.54. The number of hydrogen-bond donors (Lipinski definition) is 1. The smallest absolute Gasteiger partial charge is 0.313 e. The summed E-state index contributed by atoms with van der Waals surface area (Å²) in [5.74, 6) is -0.141. The fraction of sp³-hybridized carbons (Fsp3) is 0.900. The van der Waals surface area contributed by atoms with Crippen LogP contribution in [0.2, 0.25) is 0 Å². The van der Waals surface area contributed by atoms with Crippen molar-refractivity contribution in [2.45, 2.75) is 39.2 Å². The molecule has 0 amide bonds. The average molecular weight is 184 g/mol. The second kappa shape index (κ2) is 2.08. The summed E-state index contributed by atoms with van der Waals surface area (Å²) in [5.41, 5.74) is -1.25. The zero-order valence-corrected chi connectivity index (χ0v) is 8.39. The van der Waals surface area contributed by atoms with Crippen LogP contribution in [-0.4, -0.2) is 23.3 Å². The van der Waals surface area contributed by atoms with Crippen LogP contribution >= 0.6 is 0 Å². The third kappa shape index (κ3) is 0.688. The lowest BCUT2D eigenvalue weighted by atomic mass is 9.66. The Morgan fingerprint density at radius 3 is 2.23 bits per heavy atom. The van der Waals surface area contributed by atoms with Crippen LogP contribution in [0.4, 0.5) is 0 Å². The van der Waals surface area contributed by atoms with Crippen LogP contribution in [0.25, 0.3) is 0 Å². The van der Waals surface area contributed by atoms with Crippen molar-refractivity contribution >= 4 is 5.97 Å². The molecule has 3 nitrogen and oxygen atoms in total. The lowest BCUT2D eigenvalue weighted by molar-refractivity contribution is -0.163. The van der Waals surface area contributed by atoms with Gasteiger partial charge in [0, 0.05) is 5.41 Å². The predicted octanol–water partition coefficient (Wildman–Crippen LogP) is 1.10. The van der Waals surface area contributed by atoms with Crippen molar-refractivity contribution in [1.82, 2.24) is 0 Å². The Bertz CT molecular complexity index is 271. The van der Waals surface area contributed by atoms with Crippen molar-refractivity contribution in [3.8, 4) is 0 Å². The van der Waals surface area contributed by atoms with Crippen molar-refractivity contribution in [1.29, 1.82) is 0 Å². The number of hydrogen-bond acceptors (Lipinski definition) is 3. The Labute approximate surface area is 78.1 Å². The molecule has 74 valence electrons. The van der Waals surface area contributed by atoms with Gasteiger partial charge in [-0.3, -0.25) is 4.79 Å². The highest BCUT2D eigenvalue weighted by atomic mass is 16.6. The van der Waals surface area contributed by atoms with Crippen LogP contribution in [0.5, 0.6) is 0 Å². The molecule has 2 aliphatic rings. The number of rotatable bonds is 1. The lowest BCUT2D eigenvalue weighted by Crippen LogP contribution is -2.43. The van der Waals surface area contributed by atoms with Crippen molar-refractivity contribution in [2.75, 3.05) is 6.61 Å². The molecule has 1 aliphatic carbocycles. The molecule has 2 fully saturated rings. The van der Waals surface area contributed by atoms with Crippen LogP contribution in [0, 0.1) is 10.8 Å². The van der Waals surface area contributed by atoms with E-state index in [0.29, 0.717) is 0 Å². The van der Waals surface area contributed by atoms with Gasteiger partial charge in [-0.25, -0.2) is 0 Å². The number of esters is 1. The Kier molecular flexibility index (Phi) is 1.44. The first-order valence-corrected chi connectivity index (χ1v) is 4.74. The van der Waals surface area contributed by atoms with E-state index in [1.165, 1.54) is 0 Å². The minimum absolute atomic E-state index is 0.0542. The van der Waals surface area contributed by atoms with Gasteiger partial charge >= 0.3 is 5.97 Å². The lowest BCUT2D eigenvalue weighted by Gasteiger charge is -2.35. The molecular formula is C10H16O3. The van der Waals surface area contributed by atoms with Gasteiger partial charge in [-0.2, -0.15) is 0 Å². The van der Waals surface area contributed by atoms with E-state index < -0.39 is 11.0 Å².